The van der Waals surface area contributed by atoms with Crippen LogP contribution < -0.4 is 10.6 Å². The van der Waals surface area contributed by atoms with Crippen molar-refractivity contribution >= 4 is 35.2 Å². The third kappa shape index (κ3) is 4.81. The molecule has 4 nitrogen and oxygen atoms in total. The van der Waals surface area contributed by atoms with Crippen molar-refractivity contribution in [2.75, 3.05) is 36.2 Å². The van der Waals surface area contributed by atoms with Crippen LogP contribution in [0.2, 0.25) is 0 Å². The van der Waals surface area contributed by atoms with Gasteiger partial charge in [0.15, 0.2) is 0 Å². The lowest BCUT2D eigenvalue weighted by Gasteiger charge is -2.21. The smallest absolute Gasteiger partial charge is 0.251 e. The molecule has 2 N–H and O–H groups in total. The summed E-state index contributed by atoms with van der Waals surface area (Å²) in [6, 6.07) is 3.70. The van der Waals surface area contributed by atoms with Crippen LogP contribution in [0.25, 0.3) is 0 Å². The lowest BCUT2D eigenvalue weighted by atomic mass is 10.1. The van der Waals surface area contributed by atoms with Crippen LogP contribution in [0.1, 0.15) is 35.8 Å². The van der Waals surface area contributed by atoms with E-state index in [1.807, 2.05) is 42.7 Å². The molecule has 21 heavy (non-hydrogen) atoms. The molecule has 0 radical (unpaired) electrons. The fourth-order valence-corrected chi connectivity index (χ4v) is 4.68. The van der Waals surface area contributed by atoms with E-state index in [0.29, 0.717) is 16.7 Å². The highest BCUT2D eigenvalue weighted by molar-refractivity contribution is 8.06. The van der Waals surface area contributed by atoms with E-state index in [9.17, 15) is 4.79 Å². The minimum Gasteiger partial charge on any atom is -0.373 e. The van der Waals surface area contributed by atoms with Crippen molar-refractivity contribution < 1.29 is 4.79 Å². The highest BCUT2D eigenvalue weighted by atomic mass is 32.2. The number of pyridine rings is 1. The zero-order valence-electron chi connectivity index (χ0n) is 12.8. The largest absolute Gasteiger partial charge is 0.373 e. The number of nitrogens with one attached hydrogen (secondary N) is 2. The van der Waals surface area contributed by atoms with Crippen molar-refractivity contribution in [3.05, 3.63) is 23.4 Å². The summed E-state index contributed by atoms with van der Waals surface area (Å²) in [6.07, 6.45) is 0. The Hall–Kier alpha value is -0.880. The molecule has 1 aromatic rings. The van der Waals surface area contributed by atoms with Crippen LogP contribution in [0.4, 0.5) is 5.82 Å². The van der Waals surface area contributed by atoms with Gasteiger partial charge in [-0.3, -0.25) is 4.79 Å². The summed E-state index contributed by atoms with van der Waals surface area (Å²) in [5, 5.41) is 6.61. The molecular formula is C15H23N3OS2. The molecule has 1 saturated heterocycles. The van der Waals surface area contributed by atoms with Crippen LogP contribution in [0.15, 0.2) is 12.1 Å². The molecule has 2 heterocycles. The van der Waals surface area contributed by atoms with Crippen molar-refractivity contribution in [1.29, 1.82) is 0 Å². The maximum Gasteiger partial charge on any atom is 0.251 e. The number of hydrogen-bond donors (Lipinski definition) is 2. The van der Waals surface area contributed by atoms with Crippen molar-refractivity contribution in [2.45, 2.75) is 25.0 Å². The molecule has 1 amide bonds. The van der Waals surface area contributed by atoms with Crippen LogP contribution in [0.3, 0.4) is 0 Å². The molecule has 0 bridgehead atoms. The Morgan fingerprint density at radius 2 is 2.24 bits per heavy atom. The van der Waals surface area contributed by atoms with Gasteiger partial charge in [0, 0.05) is 47.4 Å². The summed E-state index contributed by atoms with van der Waals surface area (Å²) in [7, 11) is 1.82. The summed E-state index contributed by atoms with van der Waals surface area (Å²) < 4.78 is 0. The molecule has 1 aromatic heterocycles. The van der Waals surface area contributed by atoms with Crippen molar-refractivity contribution in [2.24, 2.45) is 0 Å². The number of rotatable bonds is 5. The maximum atomic E-state index is 12.3. The Morgan fingerprint density at radius 1 is 1.43 bits per heavy atom. The van der Waals surface area contributed by atoms with E-state index in [1.165, 1.54) is 11.5 Å². The molecular weight excluding hydrogens is 302 g/mol. The maximum absolute atomic E-state index is 12.3. The summed E-state index contributed by atoms with van der Waals surface area (Å²) in [4.78, 5) is 16.8. The number of nitrogens with zero attached hydrogens (tertiary/aromatic N) is 1. The van der Waals surface area contributed by atoms with Gasteiger partial charge in [0.05, 0.1) is 0 Å². The first-order valence-electron chi connectivity index (χ1n) is 7.27. The Balaban J connectivity index is 2.02. The molecule has 1 fully saturated rings. The molecule has 1 aliphatic heterocycles. The third-order valence-electron chi connectivity index (χ3n) is 3.33. The number of carbonyl (C=O) groups excluding carboxylic acids is 1. The van der Waals surface area contributed by atoms with Gasteiger partial charge in [-0.05, 0) is 18.1 Å². The van der Waals surface area contributed by atoms with Gasteiger partial charge in [0.1, 0.15) is 5.82 Å². The first kappa shape index (κ1) is 16.5. The lowest BCUT2D eigenvalue weighted by Crippen LogP contribution is -2.33. The van der Waals surface area contributed by atoms with Gasteiger partial charge in [-0.15, -0.1) is 0 Å². The summed E-state index contributed by atoms with van der Waals surface area (Å²) >= 11 is 3.93. The molecule has 0 aromatic carbocycles. The first-order valence-corrected chi connectivity index (χ1v) is 9.47. The monoisotopic (exact) mass is 325 g/mol. The van der Waals surface area contributed by atoms with Gasteiger partial charge in [-0.1, -0.05) is 13.8 Å². The fraction of sp³-hybridized carbons (Fsp3) is 0.600. The molecule has 1 atom stereocenters. The topological polar surface area (TPSA) is 54.0 Å². The Labute approximate surface area is 135 Å². The number of thioether (sulfide) groups is 2. The van der Waals surface area contributed by atoms with Crippen LogP contribution in [0, 0.1) is 0 Å². The quantitative estimate of drug-likeness (QED) is 0.872. The van der Waals surface area contributed by atoms with Gasteiger partial charge >= 0.3 is 0 Å². The average molecular weight is 326 g/mol. The second-order valence-corrected chi connectivity index (χ2v) is 7.91. The molecule has 6 heteroatoms. The number of hydrogen-bond acceptors (Lipinski definition) is 5. The number of anilines is 1. The molecule has 2 rings (SSSR count). The van der Waals surface area contributed by atoms with E-state index in [4.69, 9.17) is 0 Å². The van der Waals surface area contributed by atoms with Crippen LogP contribution in [0.5, 0.6) is 0 Å². The lowest BCUT2D eigenvalue weighted by molar-refractivity contribution is 0.0954. The Bertz CT molecular complexity index is 488. The SMILES string of the molecule is CNc1cc(C(=O)NCC2CSCCS2)cc(C(C)C)n1. The van der Waals surface area contributed by atoms with E-state index in [0.717, 1.165) is 23.8 Å². The summed E-state index contributed by atoms with van der Waals surface area (Å²) in [5.74, 6) is 4.57. The Morgan fingerprint density at radius 3 is 2.86 bits per heavy atom. The highest BCUT2D eigenvalue weighted by Gasteiger charge is 2.17. The molecule has 0 spiro atoms. The molecule has 0 aliphatic carbocycles. The minimum absolute atomic E-state index is 0.00743. The standard InChI is InChI=1S/C15H23N3OS2/c1-10(2)13-6-11(7-14(16-3)18-13)15(19)17-8-12-9-20-4-5-21-12/h6-7,10,12H,4-5,8-9H2,1-3H3,(H,16,18)(H,17,19). The van der Waals surface area contributed by atoms with Crippen molar-refractivity contribution in [3.8, 4) is 0 Å². The van der Waals surface area contributed by atoms with E-state index < -0.39 is 0 Å². The van der Waals surface area contributed by atoms with E-state index in [2.05, 4.69) is 29.5 Å². The molecule has 1 aliphatic rings. The van der Waals surface area contributed by atoms with Crippen LogP contribution >= 0.6 is 23.5 Å². The van der Waals surface area contributed by atoms with Crippen molar-refractivity contribution in [3.63, 3.8) is 0 Å². The zero-order valence-corrected chi connectivity index (χ0v) is 14.4. The van der Waals surface area contributed by atoms with Crippen LogP contribution in [-0.4, -0.2) is 47.0 Å². The minimum atomic E-state index is -0.00743. The predicted molar refractivity (Wildman–Crippen MR) is 93.8 cm³/mol. The second kappa shape index (κ2) is 7.94. The van der Waals surface area contributed by atoms with Gasteiger partial charge in [-0.2, -0.15) is 23.5 Å². The first-order chi connectivity index (χ1) is 10.1. The summed E-state index contributed by atoms with van der Waals surface area (Å²) in [5.41, 5.74) is 1.63. The normalized spacial score (nSPS) is 18.6. The van der Waals surface area contributed by atoms with Gasteiger partial charge in [0.25, 0.3) is 5.91 Å². The Kier molecular flexibility index (Phi) is 6.23. The number of aromatic nitrogens is 1. The number of amides is 1. The molecule has 116 valence electrons. The average Bonchev–Trinajstić information content (AvgIpc) is 2.53. The highest BCUT2D eigenvalue weighted by Crippen LogP contribution is 2.23. The van der Waals surface area contributed by atoms with Gasteiger partial charge in [-0.25, -0.2) is 4.98 Å². The van der Waals surface area contributed by atoms with Crippen molar-refractivity contribution in [1.82, 2.24) is 10.3 Å². The zero-order chi connectivity index (χ0) is 15.2. The van der Waals surface area contributed by atoms with E-state index >= 15 is 0 Å². The third-order valence-corrected chi connectivity index (χ3v) is 6.18. The van der Waals surface area contributed by atoms with E-state index in [1.54, 1.807) is 0 Å². The van der Waals surface area contributed by atoms with Gasteiger partial charge in [0.2, 0.25) is 0 Å². The van der Waals surface area contributed by atoms with E-state index in [-0.39, 0.29) is 5.91 Å². The molecule has 0 saturated carbocycles. The summed E-state index contributed by atoms with van der Waals surface area (Å²) in [6.45, 7) is 4.91. The fourth-order valence-electron chi connectivity index (χ4n) is 2.07. The second-order valence-electron chi connectivity index (χ2n) is 5.35. The molecule has 1 unspecified atom stereocenters. The predicted octanol–water partition coefficient (Wildman–Crippen LogP) is 2.83. The van der Waals surface area contributed by atoms with Gasteiger partial charge < -0.3 is 10.6 Å². The number of carbonyl (C=O) groups is 1. The van der Waals surface area contributed by atoms with Crippen LogP contribution in [-0.2, 0) is 0 Å².